The van der Waals surface area contributed by atoms with Crippen LogP contribution in [0.4, 0.5) is 0 Å². The molecule has 0 saturated heterocycles. The van der Waals surface area contributed by atoms with Crippen molar-refractivity contribution < 1.29 is 9.90 Å². The van der Waals surface area contributed by atoms with E-state index in [9.17, 15) is 9.59 Å². The molecule has 1 aromatic rings. The fraction of sp³-hybridized carbons (Fsp3) is 0.286. The molecule has 0 aromatic carbocycles. The molecular weight excluding hydrogens is 192 g/mol. The number of carboxylic acid groups (broad SMARTS) is 1. The van der Waals surface area contributed by atoms with Crippen molar-refractivity contribution in [3.63, 3.8) is 0 Å². The number of nitrogens with one attached hydrogen (secondary N) is 1. The van der Waals surface area contributed by atoms with E-state index in [2.05, 4.69) is 9.97 Å². The van der Waals surface area contributed by atoms with Gasteiger partial charge >= 0.3 is 5.97 Å². The van der Waals surface area contributed by atoms with Gasteiger partial charge in [0.05, 0.1) is 5.75 Å². The summed E-state index contributed by atoms with van der Waals surface area (Å²) in [5, 5.41) is 8.58. The molecule has 2 N–H and O–H groups in total. The van der Waals surface area contributed by atoms with E-state index >= 15 is 0 Å². The number of hydrogen-bond donors (Lipinski definition) is 2. The minimum absolute atomic E-state index is 0.215. The highest BCUT2D eigenvalue weighted by Crippen LogP contribution is 2.02. The van der Waals surface area contributed by atoms with Crippen LogP contribution in [-0.4, -0.2) is 27.3 Å². The quantitative estimate of drug-likeness (QED) is 0.734. The number of rotatable bonds is 3. The van der Waals surface area contributed by atoms with Crippen molar-refractivity contribution in [2.45, 2.75) is 5.75 Å². The number of hydrogen-bond acceptors (Lipinski definition) is 4. The van der Waals surface area contributed by atoms with E-state index in [1.54, 1.807) is 0 Å². The Morgan fingerprint density at radius 2 is 2.46 bits per heavy atom. The standard InChI is InChI=1S/C7H8N2O3S/c1-13-3-5-8-4(7(11)12)2-6(10)9-5/h2H,3H2,1H3,(H,11,12)(H,8,9,10). The monoisotopic (exact) mass is 200 g/mol. The van der Waals surface area contributed by atoms with Gasteiger partial charge in [0.25, 0.3) is 5.56 Å². The van der Waals surface area contributed by atoms with E-state index in [4.69, 9.17) is 5.11 Å². The molecule has 0 fully saturated rings. The van der Waals surface area contributed by atoms with Crippen LogP contribution in [0.3, 0.4) is 0 Å². The molecule has 13 heavy (non-hydrogen) atoms. The number of thioether (sulfide) groups is 1. The number of nitrogens with zero attached hydrogens (tertiary/aromatic N) is 1. The first-order chi connectivity index (χ1) is 6.13. The maximum absolute atomic E-state index is 10.9. The van der Waals surface area contributed by atoms with Crippen molar-refractivity contribution >= 4 is 17.7 Å². The Bertz CT molecular complexity index is 374. The van der Waals surface area contributed by atoms with Gasteiger partial charge in [-0.1, -0.05) is 0 Å². The van der Waals surface area contributed by atoms with Crippen LogP contribution in [0.1, 0.15) is 16.3 Å². The number of H-pyrrole nitrogens is 1. The van der Waals surface area contributed by atoms with Crippen LogP contribution >= 0.6 is 11.8 Å². The second-order valence-electron chi connectivity index (χ2n) is 2.32. The molecule has 0 amide bonds. The number of carboxylic acids is 1. The van der Waals surface area contributed by atoms with E-state index in [0.29, 0.717) is 11.6 Å². The molecule has 0 bridgehead atoms. The molecule has 1 heterocycles. The molecule has 0 aliphatic carbocycles. The van der Waals surface area contributed by atoms with Gasteiger partial charge in [-0.05, 0) is 6.26 Å². The Kier molecular flexibility index (Phi) is 3.07. The van der Waals surface area contributed by atoms with Crippen molar-refractivity contribution in [3.8, 4) is 0 Å². The topological polar surface area (TPSA) is 83.0 Å². The van der Waals surface area contributed by atoms with Gasteiger partial charge in [-0.2, -0.15) is 11.8 Å². The molecule has 0 spiro atoms. The summed E-state index contributed by atoms with van der Waals surface area (Å²) in [4.78, 5) is 27.6. The molecule has 1 rings (SSSR count). The Morgan fingerprint density at radius 3 is 3.00 bits per heavy atom. The number of carbonyl (C=O) groups is 1. The van der Waals surface area contributed by atoms with Gasteiger partial charge in [0, 0.05) is 6.07 Å². The lowest BCUT2D eigenvalue weighted by Crippen LogP contribution is -2.15. The van der Waals surface area contributed by atoms with Crippen LogP contribution in [0.5, 0.6) is 0 Å². The van der Waals surface area contributed by atoms with Gasteiger partial charge in [0.1, 0.15) is 5.82 Å². The average molecular weight is 200 g/mol. The predicted octanol–water partition coefficient (Wildman–Crippen LogP) is 0.331. The van der Waals surface area contributed by atoms with Gasteiger partial charge in [-0.3, -0.25) is 4.79 Å². The molecule has 70 valence electrons. The van der Waals surface area contributed by atoms with Gasteiger partial charge < -0.3 is 10.1 Å². The molecule has 0 atom stereocenters. The highest BCUT2D eigenvalue weighted by Gasteiger charge is 2.07. The van der Waals surface area contributed by atoms with Crippen LogP contribution in [0.25, 0.3) is 0 Å². The molecular formula is C7H8N2O3S. The summed E-state index contributed by atoms with van der Waals surface area (Å²) < 4.78 is 0. The smallest absolute Gasteiger partial charge is 0.354 e. The highest BCUT2D eigenvalue weighted by molar-refractivity contribution is 7.97. The normalized spacial score (nSPS) is 9.92. The minimum Gasteiger partial charge on any atom is -0.477 e. The molecule has 5 nitrogen and oxygen atoms in total. The lowest BCUT2D eigenvalue weighted by Gasteiger charge is -1.98. The van der Waals surface area contributed by atoms with Gasteiger partial charge in [-0.25, -0.2) is 9.78 Å². The first-order valence-corrected chi connectivity index (χ1v) is 4.85. The summed E-state index contributed by atoms with van der Waals surface area (Å²) in [5.74, 6) is -0.304. The van der Waals surface area contributed by atoms with Crippen LogP contribution in [0, 0.1) is 0 Å². The Labute approximate surface area is 78.2 Å². The lowest BCUT2D eigenvalue weighted by atomic mass is 10.4. The number of aromatic carboxylic acids is 1. The Hall–Kier alpha value is -1.30. The zero-order valence-electron chi connectivity index (χ0n) is 6.90. The largest absolute Gasteiger partial charge is 0.477 e. The van der Waals surface area contributed by atoms with Crippen LogP contribution < -0.4 is 5.56 Å². The summed E-state index contributed by atoms with van der Waals surface area (Å²) in [7, 11) is 0. The maximum atomic E-state index is 10.9. The predicted molar refractivity (Wildman–Crippen MR) is 49.0 cm³/mol. The van der Waals surface area contributed by atoms with Crippen molar-refractivity contribution in [2.75, 3.05) is 6.26 Å². The fourth-order valence-corrected chi connectivity index (χ4v) is 1.23. The van der Waals surface area contributed by atoms with Crippen molar-refractivity contribution in [2.24, 2.45) is 0 Å². The highest BCUT2D eigenvalue weighted by atomic mass is 32.2. The third-order valence-electron chi connectivity index (χ3n) is 1.29. The average Bonchev–Trinajstić information content (AvgIpc) is 2.03. The Balaban J connectivity index is 3.11. The second-order valence-corrected chi connectivity index (χ2v) is 3.18. The SMILES string of the molecule is CSCc1nc(C(=O)O)cc(=O)[nH]1. The molecule has 0 saturated carbocycles. The zero-order chi connectivity index (χ0) is 9.84. The third-order valence-corrected chi connectivity index (χ3v) is 1.85. The molecule has 0 aliphatic heterocycles. The van der Waals surface area contributed by atoms with Crippen LogP contribution in [-0.2, 0) is 5.75 Å². The number of aromatic amines is 1. The van der Waals surface area contributed by atoms with E-state index in [0.717, 1.165) is 6.07 Å². The summed E-state index contributed by atoms with van der Waals surface area (Å²) in [6.07, 6.45) is 1.84. The molecule has 0 unspecified atom stereocenters. The molecule has 6 heteroatoms. The Morgan fingerprint density at radius 1 is 1.77 bits per heavy atom. The first-order valence-electron chi connectivity index (χ1n) is 3.46. The van der Waals surface area contributed by atoms with Crippen molar-refractivity contribution in [1.29, 1.82) is 0 Å². The van der Waals surface area contributed by atoms with Crippen molar-refractivity contribution in [3.05, 3.63) is 27.9 Å². The molecule has 1 aromatic heterocycles. The van der Waals surface area contributed by atoms with E-state index in [1.165, 1.54) is 11.8 Å². The van der Waals surface area contributed by atoms with Gasteiger partial charge in [-0.15, -0.1) is 0 Å². The molecule has 0 radical (unpaired) electrons. The van der Waals surface area contributed by atoms with E-state index in [-0.39, 0.29) is 5.69 Å². The van der Waals surface area contributed by atoms with Crippen LogP contribution in [0.2, 0.25) is 0 Å². The first kappa shape index (κ1) is 9.79. The summed E-state index contributed by atoms with van der Waals surface area (Å²) in [5.41, 5.74) is -0.649. The second kappa shape index (κ2) is 4.08. The van der Waals surface area contributed by atoms with E-state index < -0.39 is 11.5 Å². The zero-order valence-corrected chi connectivity index (χ0v) is 7.72. The summed E-state index contributed by atoms with van der Waals surface area (Å²) in [6.45, 7) is 0. The number of aromatic nitrogens is 2. The maximum Gasteiger partial charge on any atom is 0.354 e. The summed E-state index contributed by atoms with van der Waals surface area (Å²) >= 11 is 1.46. The minimum atomic E-state index is -1.19. The van der Waals surface area contributed by atoms with Gasteiger partial charge in [0.2, 0.25) is 0 Å². The lowest BCUT2D eigenvalue weighted by molar-refractivity contribution is 0.0689. The molecule has 0 aliphatic rings. The van der Waals surface area contributed by atoms with Gasteiger partial charge in [0.15, 0.2) is 5.69 Å². The summed E-state index contributed by atoms with van der Waals surface area (Å²) in [6, 6.07) is 0.964. The third kappa shape index (κ3) is 2.59. The van der Waals surface area contributed by atoms with E-state index in [1.807, 2.05) is 6.26 Å². The van der Waals surface area contributed by atoms with Crippen molar-refractivity contribution in [1.82, 2.24) is 9.97 Å². The fourth-order valence-electron chi connectivity index (χ4n) is 0.823. The van der Waals surface area contributed by atoms with Crippen LogP contribution in [0.15, 0.2) is 10.9 Å².